The molecule has 0 fully saturated rings. The Balaban J connectivity index is 1.96. The number of tetrazole rings is 1. The first-order valence-electron chi connectivity index (χ1n) is 6.29. The van der Waals surface area contributed by atoms with Gasteiger partial charge < -0.3 is 4.74 Å². The highest BCUT2D eigenvalue weighted by molar-refractivity contribution is 7.11. The van der Waals surface area contributed by atoms with E-state index < -0.39 is 5.69 Å². The standard InChI is InChI=1S/C10H10N8O2S/c1-6-7(5-20-9-11-3-4-21-9)8(13-14-12-6)18-10(19)17(2)15-16-18/h3-4H,5H2,1-2H3/i3T. The molecule has 3 aromatic heterocycles. The zero-order valence-corrected chi connectivity index (χ0v) is 11.9. The molecule has 0 radical (unpaired) electrons. The Morgan fingerprint density at radius 1 is 1.43 bits per heavy atom. The van der Waals surface area contributed by atoms with Crippen molar-refractivity contribution in [3.63, 3.8) is 0 Å². The van der Waals surface area contributed by atoms with Crippen LogP contribution in [0.2, 0.25) is 0 Å². The number of aromatic nitrogens is 8. The second-order valence-electron chi connectivity index (χ2n) is 4.01. The summed E-state index contributed by atoms with van der Waals surface area (Å²) in [5.74, 6) is 0.202. The van der Waals surface area contributed by atoms with Crippen LogP contribution < -0.4 is 10.4 Å². The second-order valence-corrected chi connectivity index (χ2v) is 4.83. The molecular formula is C10H10N8O2S. The van der Waals surface area contributed by atoms with Crippen molar-refractivity contribution in [2.24, 2.45) is 7.05 Å². The predicted molar refractivity (Wildman–Crippen MR) is 71.2 cm³/mol. The molecule has 0 unspecified atom stereocenters. The van der Waals surface area contributed by atoms with Gasteiger partial charge in [0.05, 0.1) is 12.6 Å². The van der Waals surface area contributed by atoms with Gasteiger partial charge in [0.15, 0.2) is 5.82 Å². The van der Waals surface area contributed by atoms with E-state index in [9.17, 15) is 4.79 Å². The number of nitrogens with zero attached hydrogens (tertiary/aromatic N) is 8. The maximum absolute atomic E-state index is 11.9. The average molecular weight is 308 g/mol. The Kier molecular flexibility index (Phi) is 3.08. The predicted octanol–water partition coefficient (Wildman–Crippen LogP) is -0.505. The summed E-state index contributed by atoms with van der Waals surface area (Å²) in [6, 6.07) is 0. The van der Waals surface area contributed by atoms with Crippen LogP contribution in [-0.4, -0.2) is 40.2 Å². The van der Waals surface area contributed by atoms with Crippen LogP contribution in [-0.2, 0) is 13.7 Å². The summed E-state index contributed by atoms with van der Waals surface area (Å²) in [6.07, 6.45) is 0.132. The minimum absolute atomic E-state index is 0.0691. The quantitative estimate of drug-likeness (QED) is 0.633. The Labute approximate surface area is 123 Å². The Morgan fingerprint density at radius 3 is 2.95 bits per heavy atom. The van der Waals surface area contributed by atoms with Gasteiger partial charge >= 0.3 is 5.69 Å². The summed E-state index contributed by atoms with van der Waals surface area (Å²) in [6.45, 7) is 1.79. The first kappa shape index (κ1) is 12.1. The van der Waals surface area contributed by atoms with Gasteiger partial charge in [0.2, 0.25) is 0 Å². The fourth-order valence-electron chi connectivity index (χ4n) is 1.58. The van der Waals surface area contributed by atoms with Gasteiger partial charge in [-0.15, -0.1) is 14.9 Å². The lowest BCUT2D eigenvalue weighted by Crippen LogP contribution is -2.25. The first-order chi connectivity index (χ1) is 10.6. The SMILES string of the molecule is [3H]c1csc(OCc2c(C)nnnc2-n2nnn(C)c2=O)n1. The topological polar surface area (TPSA) is 113 Å². The van der Waals surface area contributed by atoms with Crippen LogP contribution >= 0.6 is 11.3 Å². The molecule has 0 bridgehead atoms. The Bertz CT molecular complexity index is 872. The molecule has 0 aliphatic rings. The maximum Gasteiger partial charge on any atom is 0.369 e. The number of hydrogen-bond donors (Lipinski definition) is 0. The molecular weight excluding hydrogens is 296 g/mol. The summed E-state index contributed by atoms with van der Waals surface area (Å²) in [7, 11) is 1.48. The van der Waals surface area contributed by atoms with E-state index in [2.05, 4.69) is 30.8 Å². The maximum atomic E-state index is 11.9. The monoisotopic (exact) mass is 308 g/mol. The van der Waals surface area contributed by atoms with E-state index in [0.717, 1.165) is 9.36 Å². The summed E-state index contributed by atoms with van der Waals surface area (Å²) < 4.78 is 15.0. The minimum Gasteiger partial charge on any atom is -0.465 e. The average Bonchev–Trinajstić information content (AvgIpc) is 3.05. The van der Waals surface area contributed by atoms with Crippen molar-refractivity contribution in [3.05, 3.63) is 33.3 Å². The molecule has 0 spiro atoms. The molecule has 3 heterocycles. The molecule has 0 saturated carbocycles. The number of thiazole rings is 1. The van der Waals surface area contributed by atoms with E-state index >= 15 is 0 Å². The van der Waals surface area contributed by atoms with Crippen molar-refractivity contribution in [2.45, 2.75) is 13.5 Å². The van der Waals surface area contributed by atoms with Gasteiger partial charge in [0.1, 0.15) is 6.61 Å². The van der Waals surface area contributed by atoms with Gasteiger partial charge in [-0.2, -0.15) is 4.68 Å². The van der Waals surface area contributed by atoms with Crippen LogP contribution in [0.15, 0.2) is 16.3 Å². The fraction of sp³-hybridized carbons (Fsp3) is 0.300. The highest BCUT2D eigenvalue weighted by atomic mass is 32.1. The van der Waals surface area contributed by atoms with Gasteiger partial charge in [-0.05, 0) is 22.6 Å². The fourth-order valence-corrected chi connectivity index (χ4v) is 2.02. The zero-order valence-electron chi connectivity index (χ0n) is 12.1. The lowest BCUT2D eigenvalue weighted by atomic mass is 10.2. The van der Waals surface area contributed by atoms with Gasteiger partial charge in [0.25, 0.3) is 5.19 Å². The van der Waals surface area contributed by atoms with Crippen LogP contribution in [0.3, 0.4) is 0 Å². The van der Waals surface area contributed by atoms with Crippen molar-refractivity contribution in [1.82, 2.24) is 40.2 Å². The third kappa shape index (κ3) is 2.50. The third-order valence-electron chi connectivity index (χ3n) is 2.67. The van der Waals surface area contributed by atoms with Crippen molar-refractivity contribution < 1.29 is 6.11 Å². The molecule has 0 aliphatic heterocycles. The van der Waals surface area contributed by atoms with Crippen LogP contribution in [0.4, 0.5) is 0 Å². The lowest BCUT2D eigenvalue weighted by molar-refractivity contribution is 0.301. The highest BCUT2D eigenvalue weighted by Crippen LogP contribution is 2.18. The second kappa shape index (κ2) is 5.36. The molecule has 108 valence electrons. The van der Waals surface area contributed by atoms with Crippen molar-refractivity contribution in [1.29, 1.82) is 0 Å². The molecule has 0 N–H and O–H groups in total. The molecule has 10 nitrogen and oxygen atoms in total. The van der Waals surface area contributed by atoms with Crippen molar-refractivity contribution in [3.8, 4) is 11.0 Å². The molecule has 0 atom stereocenters. The van der Waals surface area contributed by atoms with Crippen LogP contribution in [0, 0.1) is 6.92 Å². The van der Waals surface area contributed by atoms with E-state index in [-0.39, 0.29) is 18.6 Å². The lowest BCUT2D eigenvalue weighted by Gasteiger charge is -2.08. The summed E-state index contributed by atoms with van der Waals surface area (Å²) in [4.78, 5) is 15.8. The number of aryl methyl sites for hydroxylation is 2. The van der Waals surface area contributed by atoms with Gasteiger partial charge in [-0.1, -0.05) is 11.3 Å². The largest absolute Gasteiger partial charge is 0.465 e. The normalized spacial score (nSPS) is 11.4. The Morgan fingerprint density at radius 2 is 2.29 bits per heavy atom. The molecule has 3 aromatic rings. The van der Waals surface area contributed by atoms with Gasteiger partial charge in [-0.3, -0.25) is 0 Å². The van der Waals surface area contributed by atoms with E-state index in [4.69, 9.17) is 6.11 Å². The van der Waals surface area contributed by atoms with E-state index in [1.807, 2.05) is 0 Å². The third-order valence-corrected chi connectivity index (χ3v) is 3.31. The van der Waals surface area contributed by atoms with E-state index in [1.165, 1.54) is 18.4 Å². The number of hydrogen-bond acceptors (Lipinski definition) is 9. The summed E-state index contributed by atoms with van der Waals surface area (Å²) in [5.41, 5.74) is 0.633. The Hall–Kier alpha value is -2.69. The minimum atomic E-state index is -0.455. The number of ether oxygens (including phenoxy) is 1. The molecule has 0 saturated heterocycles. The molecule has 0 aromatic carbocycles. The molecule has 3 rings (SSSR count). The van der Waals surface area contributed by atoms with Crippen molar-refractivity contribution >= 4 is 11.3 Å². The summed E-state index contributed by atoms with van der Waals surface area (Å²) >= 11 is 1.21. The van der Waals surface area contributed by atoms with Gasteiger partial charge in [-0.25, -0.2) is 9.78 Å². The van der Waals surface area contributed by atoms with Crippen LogP contribution in [0.25, 0.3) is 5.82 Å². The smallest absolute Gasteiger partial charge is 0.369 e. The zero-order chi connectivity index (χ0) is 15.7. The van der Waals surface area contributed by atoms with Crippen LogP contribution in [0.5, 0.6) is 5.19 Å². The van der Waals surface area contributed by atoms with E-state index in [0.29, 0.717) is 16.5 Å². The number of rotatable bonds is 4. The van der Waals surface area contributed by atoms with E-state index in [1.54, 1.807) is 12.3 Å². The molecule has 21 heavy (non-hydrogen) atoms. The molecule has 11 heteroatoms. The first-order valence-corrected chi connectivity index (χ1v) is 6.67. The highest BCUT2D eigenvalue weighted by Gasteiger charge is 2.17. The molecule has 0 aliphatic carbocycles. The molecule has 0 amide bonds. The van der Waals surface area contributed by atoms with Crippen LogP contribution in [0.1, 0.15) is 12.6 Å². The van der Waals surface area contributed by atoms with Crippen molar-refractivity contribution in [2.75, 3.05) is 0 Å². The summed E-state index contributed by atoms with van der Waals surface area (Å²) in [5, 5.41) is 20.6. The van der Waals surface area contributed by atoms with Gasteiger partial charge in [0, 0.05) is 18.6 Å².